The van der Waals surface area contributed by atoms with Crippen LogP contribution in [0.4, 0.5) is 5.69 Å². The number of hydrogen-bond acceptors (Lipinski definition) is 5. The molecule has 0 radical (unpaired) electrons. The number of rotatable bonds is 7. The highest BCUT2D eigenvalue weighted by molar-refractivity contribution is 7.99. The molecule has 0 unspecified atom stereocenters. The van der Waals surface area contributed by atoms with Gasteiger partial charge >= 0.3 is 0 Å². The molecule has 1 aromatic carbocycles. The van der Waals surface area contributed by atoms with E-state index in [-0.39, 0.29) is 0 Å². The van der Waals surface area contributed by atoms with Crippen molar-refractivity contribution in [3.8, 4) is 0 Å². The fraction of sp³-hybridized carbons (Fsp3) is 0.368. The lowest BCUT2D eigenvalue weighted by Gasteiger charge is -2.26. The monoisotopic (exact) mass is 422 g/mol. The van der Waals surface area contributed by atoms with E-state index in [9.17, 15) is 0 Å². The van der Waals surface area contributed by atoms with Crippen LogP contribution in [0, 0.1) is 0 Å². The molecule has 0 spiro atoms. The fourth-order valence-electron chi connectivity index (χ4n) is 2.68. The van der Waals surface area contributed by atoms with Gasteiger partial charge in [0.05, 0.1) is 18.9 Å². The quantitative estimate of drug-likeness (QED) is 0.518. The molecule has 1 aliphatic rings. The van der Waals surface area contributed by atoms with Crippen molar-refractivity contribution in [2.24, 2.45) is 0 Å². The van der Waals surface area contributed by atoms with Crippen LogP contribution in [0.3, 0.4) is 0 Å². The second-order valence-corrected chi connectivity index (χ2v) is 8.01. The van der Waals surface area contributed by atoms with Crippen LogP contribution >= 0.6 is 35.6 Å². The summed E-state index contributed by atoms with van der Waals surface area (Å²) in [6.07, 6.45) is 2.82. The van der Waals surface area contributed by atoms with Crippen molar-refractivity contribution in [2.75, 3.05) is 44.7 Å². The first-order chi connectivity index (χ1) is 13.2. The number of nitrogens with one attached hydrogen (secondary N) is 2. The minimum absolute atomic E-state index is 0.614. The molecule has 1 saturated heterocycles. The molecule has 2 aromatic rings. The van der Waals surface area contributed by atoms with Gasteiger partial charge in [0, 0.05) is 35.7 Å². The van der Waals surface area contributed by atoms with Gasteiger partial charge in [0.1, 0.15) is 5.03 Å². The minimum atomic E-state index is 0.614. The maximum absolute atomic E-state index is 5.95. The maximum Gasteiger partial charge on any atom is 0.170 e. The Morgan fingerprint density at radius 2 is 2.00 bits per heavy atom. The highest BCUT2D eigenvalue weighted by Gasteiger charge is 2.10. The number of ether oxygens (including phenoxy) is 1. The zero-order valence-electron chi connectivity index (χ0n) is 15.0. The normalized spacial score (nSPS) is 14.7. The van der Waals surface area contributed by atoms with E-state index < -0.39 is 0 Å². The molecule has 2 heterocycles. The number of morpholine rings is 1. The summed E-state index contributed by atoms with van der Waals surface area (Å²) in [6.45, 7) is 5.60. The Morgan fingerprint density at radius 3 is 2.78 bits per heavy atom. The topological polar surface area (TPSA) is 49.4 Å². The summed E-state index contributed by atoms with van der Waals surface area (Å²) >= 11 is 13.0. The lowest BCUT2D eigenvalue weighted by Crippen LogP contribution is -2.38. The van der Waals surface area contributed by atoms with Gasteiger partial charge in [0.25, 0.3) is 0 Å². The number of nitrogens with zero attached hydrogens (tertiary/aromatic N) is 2. The number of halogens is 1. The lowest BCUT2D eigenvalue weighted by atomic mass is 10.3. The molecule has 0 saturated carbocycles. The second-order valence-electron chi connectivity index (χ2n) is 6.10. The summed E-state index contributed by atoms with van der Waals surface area (Å²) in [7, 11) is 0. The largest absolute Gasteiger partial charge is 0.379 e. The molecule has 0 amide bonds. The van der Waals surface area contributed by atoms with Gasteiger partial charge in [-0.25, -0.2) is 4.98 Å². The second kappa shape index (κ2) is 10.8. The van der Waals surface area contributed by atoms with Crippen molar-refractivity contribution in [2.45, 2.75) is 16.3 Å². The van der Waals surface area contributed by atoms with Gasteiger partial charge in [-0.15, -0.1) is 0 Å². The van der Waals surface area contributed by atoms with Crippen LogP contribution in [0.15, 0.2) is 52.5 Å². The van der Waals surface area contributed by atoms with Crippen LogP contribution in [-0.4, -0.2) is 54.4 Å². The summed E-state index contributed by atoms with van der Waals surface area (Å²) in [5.41, 5.74) is 0.892. The van der Waals surface area contributed by atoms with E-state index >= 15 is 0 Å². The molecule has 144 valence electrons. The summed E-state index contributed by atoms with van der Waals surface area (Å²) in [5.74, 6) is 0. The Morgan fingerprint density at radius 1 is 1.22 bits per heavy atom. The van der Waals surface area contributed by atoms with Crippen molar-refractivity contribution >= 4 is 46.4 Å². The summed E-state index contributed by atoms with van der Waals surface area (Å²) in [5, 5.41) is 8.74. The van der Waals surface area contributed by atoms with Gasteiger partial charge in [0.15, 0.2) is 5.11 Å². The molecule has 0 aliphatic carbocycles. The average Bonchev–Trinajstić information content (AvgIpc) is 2.69. The molecule has 0 bridgehead atoms. The van der Waals surface area contributed by atoms with Gasteiger partial charge in [-0.1, -0.05) is 23.4 Å². The van der Waals surface area contributed by atoms with E-state index in [0.717, 1.165) is 66.4 Å². The Bertz CT molecular complexity index is 739. The standard InChI is InChI=1S/C19H23ClN4OS2/c20-15-4-6-16(7-5-15)27-18-17(3-1-8-21-18)23-19(26)22-9-2-10-24-11-13-25-14-12-24/h1,3-8H,2,9-14H2,(H2,22,23,26). The number of hydrogen-bond donors (Lipinski definition) is 2. The van der Waals surface area contributed by atoms with E-state index in [4.69, 9.17) is 28.6 Å². The van der Waals surface area contributed by atoms with Crippen LogP contribution in [0.25, 0.3) is 0 Å². The predicted octanol–water partition coefficient (Wildman–Crippen LogP) is 3.89. The lowest BCUT2D eigenvalue weighted by molar-refractivity contribution is 0.0376. The molecule has 5 nitrogen and oxygen atoms in total. The van der Waals surface area contributed by atoms with E-state index in [0.29, 0.717) is 5.11 Å². The van der Waals surface area contributed by atoms with Gasteiger partial charge in [0.2, 0.25) is 0 Å². The third-order valence-electron chi connectivity index (χ3n) is 4.09. The highest BCUT2D eigenvalue weighted by Crippen LogP contribution is 2.32. The van der Waals surface area contributed by atoms with Crippen LogP contribution in [-0.2, 0) is 4.74 Å². The minimum Gasteiger partial charge on any atom is -0.379 e. The van der Waals surface area contributed by atoms with Crippen molar-refractivity contribution in [3.63, 3.8) is 0 Å². The SMILES string of the molecule is S=C(NCCCN1CCOCC1)Nc1cccnc1Sc1ccc(Cl)cc1. The predicted molar refractivity (Wildman–Crippen MR) is 116 cm³/mol. The van der Waals surface area contributed by atoms with Gasteiger partial charge in [-0.3, -0.25) is 4.90 Å². The number of thiocarbonyl (C=S) groups is 1. The Labute approximate surface area is 174 Å². The Hall–Kier alpha value is -1.38. The molecule has 27 heavy (non-hydrogen) atoms. The van der Waals surface area contributed by atoms with Gasteiger partial charge in [-0.2, -0.15) is 0 Å². The Kier molecular flexibility index (Phi) is 8.16. The number of anilines is 1. The first kappa shape index (κ1) is 20.4. The van der Waals surface area contributed by atoms with Crippen LogP contribution in [0.2, 0.25) is 5.02 Å². The zero-order valence-corrected chi connectivity index (χ0v) is 17.4. The van der Waals surface area contributed by atoms with Crippen molar-refractivity contribution < 1.29 is 4.74 Å². The first-order valence-corrected chi connectivity index (χ1v) is 10.5. The number of aromatic nitrogens is 1. The van der Waals surface area contributed by atoms with Gasteiger partial charge < -0.3 is 15.4 Å². The van der Waals surface area contributed by atoms with Crippen LogP contribution < -0.4 is 10.6 Å². The molecular formula is C19H23ClN4OS2. The van der Waals surface area contributed by atoms with Gasteiger partial charge in [-0.05, 0) is 61.6 Å². The fourth-order valence-corrected chi connectivity index (χ4v) is 3.85. The van der Waals surface area contributed by atoms with E-state index in [1.807, 2.05) is 36.4 Å². The van der Waals surface area contributed by atoms with Crippen LogP contribution in [0.1, 0.15) is 6.42 Å². The van der Waals surface area contributed by atoms with Crippen molar-refractivity contribution in [3.05, 3.63) is 47.6 Å². The Balaban J connectivity index is 1.46. The summed E-state index contributed by atoms with van der Waals surface area (Å²) < 4.78 is 5.37. The molecular weight excluding hydrogens is 400 g/mol. The molecule has 1 fully saturated rings. The summed E-state index contributed by atoms with van der Waals surface area (Å²) in [4.78, 5) is 7.96. The molecule has 8 heteroatoms. The molecule has 1 aliphatic heterocycles. The van der Waals surface area contributed by atoms with E-state index in [1.54, 1.807) is 18.0 Å². The third-order valence-corrected chi connectivity index (χ3v) is 5.61. The maximum atomic E-state index is 5.95. The molecule has 0 atom stereocenters. The summed E-state index contributed by atoms with van der Waals surface area (Å²) in [6, 6.07) is 11.6. The third kappa shape index (κ3) is 6.93. The van der Waals surface area contributed by atoms with E-state index in [1.165, 1.54) is 0 Å². The molecule has 3 rings (SSSR count). The molecule has 2 N–H and O–H groups in total. The van der Waals surface area contributed by atoms with E-state index in [2.05, 4.69) is 20.5 Å². The smallest absolute Gasteiger partial charge is 0.170 e. The first-order valence-electron chi connectivity index (χ1n) is 8.94. The van der Waals surface area contributed by atoms with Crippen molar-refractivity contribution in [1.82, 2.24) is 15.2 Å². The number of pyridine rings is 1. The average molecular weight is 423 g/mol. The van der Waals surface area contributed by atoms with Crippen molar-refractivity contribution in [1.29, 1.82) is 0 Å². The highest BCUT2D eigenvalue weighted by atomic mass is 35.5. The number of benzene rings is 1. The van der Waals surface area contributed by atoms with Crippen LogP contribution in [0.5, 0.6) is 0 Å². The zero-order chi connectivity index (χ0) is 18.9. The molecule has 1 aromatic heterocycles.